The number of hydrogen-bond donors (Lipinski definition) is 1. The molecular weight excluding hydrogens is 224 g/mol. The Morgan fingerprint density at radius 2 is 1.94 bits per heavy atom. The third-order valence-electron chi connectivity index (χ3n) is 3.36. The molecule has 2 atom stereocenters. The van der Waals surface area contributed by atoms with E-state index in [9.17, 15) is 4.79 Å². The summed E-state index contributed by atoms with van der Waals surface area (Å²) in [4.78, 5) is 13.8. The predicted octanol–water partition coefficient (Wildman–Crippen LogP) is 2.56. The molecule has 100 valence electrons. The Morgan fingerprint density at radius 1 is 1.33 bits per heavy atom. The van der Waals surface area contributed by atoms with Crippen LogP contribution in [0.3, 0.4) is 0 Å². The van der Waals surface area contributed by atoms with Gasteiger partial charge in [-0.3, -0.25) is 4.79 Å². The highest BCUT2D eigenvalue weighted by Gasteiger charge is 2.19. The molecule has 0 fully saturated rings. The van der Waals surface area contributed by atoms with E-state index in [0.717, 1.165) is 0 Å². The number of benzene rings is 1. The monoisotopic (exact) mass is 248 g/mol. The Kier molecular flexibility index (Phi) is 4.91. The van der Waals surface area contributed by atoms with Gasteiger partial charge < -0.3 is 10.6 Å². The molecule has 0 aliphatic carbocycles. The summed E-state index contributed by atoms with van der Waals surface area (Å²) in [6.45, 7) is 8.06. The van der Waals surface area contributed by atoms with Crippen LogP contribution in [-0.2, 0) is 4.79 Å². The van der Waals surface area contributed by atoms with Crippen LogP contribution in [0.5, 0.6) is 0 Å². The summed E-state index contributed by atoms with van der Waals surface area (Å²) < 4.78 is 0. The minimum Gasteiger partial charge on any atom is -0.339 e. The van der Waals surface area contributed by atoms with E-state index in [-0.39, 0.29) is 18.0 Å². The van der Waals surface area contributed by atoms with Crippen molar-refractivity contribution in [1.29, 1.82) is 0 Å². The molecule has 3 heteroatoms. The highest BCUT2D eigenvalue weighted by Crippen LogP contribution is 2.24. The zero-order chi connectivity index (χ0) is 13.9. The largest absolute Gasteiger partial charge is 0.339 e. The van der Waals surface area contributed by atoms with Gasteiger partial charge in [-0.1, -0.05) is 23.8 Å². The van der Waals surface area contributed by atoms with Crippen molar-refractivity contribution in [3.8, 4) is 0 Å². The Morgan fingerprint density at radius 3 is 2.50 bits per heavy atom. The first-order valence-electron chi connectivity index (χ1n) is 6.41. The zero-order valence-electron chi connectivity index (χ0n) is 12.0. The molecule has 3 nitrogen and oxygen atoms in total. The Bertz CT molecular complexity index is 427. The van der Waals surface area contributed by atoms with Gasteiger partial charge in [0.15, 0.2) is 0 Å². The van der Waals surface area contributed by atoms with E-state index in [1.54, 1.807) is 4.90 Å². The maximum absolute atomic E-state index is 12.0. The summed E-state index contributed by atoms with van der Waals surface area (Å²) in [5.74, 6) is 0.0957. The molecule has 0 heterocycles. The summed E-state index contributed by atoms with van der Waals surface area (Å²) in [5.41, 5.74) is 9.31. The molecule has 1 aromatic rings. The van der Waals surface area contributed by atoms with Gasteiger partial charge in [-0.05, 0) is 38.8 Å². The molecule has 2 N–H and O–H groups in total. The first-order chi connectivity index (χ1) is 8.32. The Hall–Kier alpha value is -1.35. The number of amides is 1. The van der Waals surface area contributed by atoms with E-state index in [0.29, 0.717) is 6.42 Å². The highest BCUT2D eigenvalue weighted by atomic mass is 16.2. The Labute approximate surface area is 110 Å². The van der Waals surface area contributed by atoms with Crippen molar-refractivity contribution in [1.82, 2.24) is 4.90 Å². The van der Waals surface area contributed by atoms with Crippen LogP contribution in [0.4, 0.5) is 0 Å². The lowest BCUT2D eigenvalue weighted by Crippen LogP contribution is -2.34. The topological polar surface area (TPSA) is 46.3 Å². The third kappa shape index (κ3) is 3.57. The predicted molar refractivity (Wildman–Crippen MR) is 75.4 cm³/mol. The van der Waals surface area contributed by atoms with E-state index in [4.69, 9.17) is 5.73 Å². The van der Waals surface area contributed by atoms with Crippen molar-refractivity contribution in [3.05, 3.63) is 34.9 Å². The van der Waals surface area contributed by atoms with Crippen molar-refractivity contribution in [2.45, 2.75) is 46.2 Å². The molecule has 0 saturated heterocycles. The van der Waals surface area contributed by atoms with Crippen LogP contribution in [0.25, 0.3) is 0 Å². The molecule has 0 radical (unpaired) electrons. The van der Waals surface area contributed by atoms with Gasteiger partial charge in [-0.25, -0.2) is 0 Å². The molecule has 18 heavy (non-hydrogen) atoms. The standard InChI is InChI=1S/C15H24N2O/c1-10-6-7-11(2)14(8-10)13(4)17(5)15(18)9-12(3)16/h6-8,12-13H,9,16H2,1-5H3. The molecule has 0 aliphatic rings. The maximum atomic E-state index is 12.0. The molecule has 1 rings (SSSR count). The summed E-state index contributed by atoms with van der Waals surface area (Å²) in [7, 11) is 1.84. The minimum absolute atomic E-state index is 0.0798. The van der Waals surface area contributed by atoms with Crippen LogP contribution in [0.2, 0.25) is 0 Å². The first-order valence-corrected chi connectivity index (χ1v) is 6.41. The van der Waals surface area contributed by atoms with Crippen LogP contribution in [0, 0.1) is 13.8 Å². The average Bonchev–Trinajstić information content (AvgIpc) is 2.29. The Balaban J connectivity index is 2.89. The normalized spacial score (nSPS) is 14.1. The zero-order valence-corrected chi connectivity index (χ0v) is 12.0. The molecule has 1 aromatic carbocycles. The van der Waals surface area contributed by atoms with Gasteiger partial charge in [0.2, 0.25) is 5.91 Å². The molecule has 0 spiro atoms. The van der Waals surface area contributed by atoms with E-state index in [1.165, 1.54) is 16.7 Å². The van der Waals surface area contributed by atoms with E-state index < -0.39 is 0 Å². The number of nitrogens with zero attached hydrogens (tertiary/aromatic N) is 1. The third-order valence-corrected chi connectivity index (χ3v) is 3.36. The fourth-order valence-corrected chi connectivity index (χ4v) is 2.05. The van der Waals surface area contributed by atoms with E-state index >= 15 is 0 Å². The minimum atomic E-state index is -0.0919. The van der Waals surface area contributed by atoms with Crippen molar-refractivity contribution < 1.29 is 4.79 Å². The summed E-state index contributed by atoms with van der Waals surface area (Å²) in [6, 6.07) is 6.33. The van der Waals surface area contributed by atoms with Crippen molar-refractivity contribution in [2.75, 3.05) is 7.05 Å². The van der Waals surface area contributed by atoms with Crippen molar-refractivity contribution in [3.63, 3.8) is 0 Å². The summed E-state index contributed by atoms with van der Waals surface area (Å²) in [5, 5.41) is 0. The van der Waals surface area contributed by atoms with E-state index in [1.807, 2.05) is 14.0 Å². The fourth-order valence-electron chi connectivity index (χ4n) is 2.05. The second-order valence-corrected chi connectivity index (χ2v) is 5.22. The molecule has 0 saturated carbocycles. The second kappa shape index (κ2) is 6.01. The van der Waals surface area contributed by atoms with Crippen LogP contribution < -0.4 is 5.73 Å². The van der Waals surface area contributed by atoms with Gasteiger partial charge in [0.25, 0.3) is 0 Å². The average molecular weight is 248 g/mol. The molecule has 0 bridgehead atoms. The van der Waals surface area contributed by atoms with E-state index in [2.05, 4.69) is 39.0 Å². The van der Waals surface area contributed by atoms with Gasteiger partial charge in [-0.15, -0.1) is 0 Å². The van der Waals surface area contributed by atoms with Gasteiger partial charge in [0, 0.05) is 19.5 Å². The summed E-state index contributed by atoms with van der Waals surface area (Å²) >= 11 is 0. The van der Waals surface area contributed by atoms with Gasteiger partial charge in [-0.2, -0.15) is 0 Å². The molecule has 2 unspecified atom stereocenters. The molecule has 0 aromatic heterocycles. The molecule has 0 aliphatic heterocycles. The number of carbonyl (C=O) groups excluding carboxylic acids is 1. The quantitative estimate of drug-likeness (QED) is 0.890. The fraction of sp³-hybridized carbons (Fsp3) is 0.533. The maximum Gasteiger partial charge on any atom is 0.224 e. The van der Waals surface area contributed by atoms with Crippen molar-refractivity contribution >= 4 is 5.91 Å². The SMILES string of the molecule is Cc1ccc(C)c(C(C)N(C)C(=O)CC(C)N)c1. The van der Waals surface area contributed by atoms with Crippen LogP contribution >= 0.6 is 0 Å². The van der Waals surface area contributed by atoms with Crippen LogP contribution in [0.1, 0.15) is 43.0 Å². The lowest BCUT2D eigenvalue weighted by atomic mass is 9.99. The van der Waals surface area contributed by atoms with Crippen molar-refractivity contribution in [2.24, 2.45) is 5.73 Å². The number of carbonyl (C=O) groups is 1. The van der Waals surface area contributed by atoms with Gasteiger partial charge in [0.05, 0.1) is 6.04 Å². The highest BCUT2D eigenvalue weighted by molar-refractivity contribution is 5.77. The second-order valence-electron chi connectivity index (χ2n) is 5.22. The number of aryl methyl sites for hydroxylation is 2. The smallest absolute Gasteiger partial charge is 0.224 e. The lowest BCUT2D eigenvalue weighted by Gasteiger charge is -2.27. The first kappa shape index (κ1) is 14.7. The number of rotatable bonds is 4. The number of nitrogens with two attached hydrogens (primary N) is 1. The van der Waals surface area contributed by atoms with Gasteiger partial charge >= 0.3 is 0 Å². The number of hydrogen-bond acceptors (Lipinski definition) is 2. The molecular formula is C15H24N2O. The summed E-state index contributed by atoms with van der Waals surface area (Å²) in [6.07, 6.45) is 0.395. The van der Waals surface area contributed by atoms with Gasteiger partial charge in [0.1, 0.15) is 0 Å². The van der Waals surface area contributed by atoms with Crippen LogP contribution in [0.15, 0.2) is 18.2 Å². The lowest BCUT2D eigenvalue weighted by molar-refractivity contribution is -0.132. The van der Waals surface area contributed by atoms with Crippen LogP contribution in [-0.4, -0.2) is 23.9 Å². The molecule has 1 amide bonds.